The molecule has 0 unspecified atom stereocenters. The van der Waals surface area contributed by atoms with Gasteiger partial charge in [-0.05, 0) is 29.3 Å². The average Bonchev–Trinajstić information content (AvgIpc) is 2.82. The minimum absolute atomic E-state index is 0.235. The topological polar surface area (TPSA) is 130 Å². The molecule has 8 heteroatoms. The minimum atomic E-state index is -0.926. The van der Waals surface area contributed by atoms with E-state index >= 15 is 0 Å². The molecule has 2 atom stereocenters. The van der Waals surface area contributed by atoms with Gasteiger partial charge >= 0.3 is 0 Å². The van der Waals surface area contributed by atoms with Gasteiger partial charge < -0.3 is 21.7 Å². The van der Waals surface area contributed by atoms with E-state index in [1.165, 1.54) is 6.92 Å². The first kappa shape index (κ1) is 23.5. The Morgan fingerprint density at radius 1 is 0.818 bits per heavy atom. The zero-order valence-corrected chi connectivity index (χ0v) is 18.2. The Hall–Kier alpha value is -4.20. The van der Waals surface area contributed by atoms with Gasteiger partial charge in [-0.1, -0.05) is 66.7 Å². The summed E-state index contributed by atoms with van der Waals surface area (Å²) in [5, 5.41) is 9.44. The van der Waals surface area contributed by atoms with Crippen LogP contribution >= 0.6 is 0 Å². The molecule has 0 aromatic heterocycles. The van der Waals surface area contributed by atoms with Crippen LogP contribution in [0.1, 0.15) is 22.8 Å². The van der Waals surface area contributed by atoms with Crippen molar-refractivity contribution < 1.29 is 19.2 Å². The van der Waals surface area contributed by atoms with Gasteiger partial charge in [0.1, 0.15) is 12.1 Å². The molecule has 0 saturated carbocycles. The smallest absolute Gasteiger partial charge is 0.252 e. The Kier molecular flexibility index (Phi) is 7.75. The lowest BCUT2D eigenvalue weighted by Gasteiger charge is -2.21. The number of carbonyl (C=O) groups excluding carboxylic acids is 4. The Balaban J connectivity index is 1.79. The molecule has 0 aliphatic carbocycles. The summed E-state index contributed by atoms with van der Waals surface area (Å²) >= 11 is 0. The molecule has 5 N–H and O–H groups in total. The van der Waals surface area contributed by atoms with Gasteiger partial charge in [-0.3, -0.25) is 19.2 Å². The summed E-state index contributed by atoms with van der Waals surface area (Å²) in [5.74, 6) is -2.16. The number of hydrogen-bond acceptors (Lipinski definition) is 4. The highest BCUT2D eigenvalue weighted by Gasteiger charge is 2.25. The molecule has 0 spiro atoms. The highest BCUT2D eigenvalue weighted by atomic mass is 16.2. The molecule has 3 rings (SSSR count). The fourth-order valence-corrected chi connectivity index (χ4v) is 3.43. The van der Waals surface area contributed by atoms with Crippen molar-refractivity contribution in [3.05, 3.63) is 83.9 Å². The highest BCUT2D eigenvalue weighted by Crippen LogP contribution is 2.18. The van der Waals surface area contributed by atoms with Gasteiger partial charge in [0, 0.05) is 12.0 Å². The van der Waals surface area contributed by atoms with E-state index in [1.807, 2.05) is 60.7 Å². The van der Waals surface area contributed by atoms with E-state index in [1.54, 1.807) is 12.1 Å². The monoisotopic (exact) mass is 446 g/mol. The van der Waals surface area contributed by atoms with Crippen LogP contribution in [0.4, 0.5) is 0 Å². The summed E-state index contributed by atoms with van der Waals surface area (Å²) in [6, 6.07) is 20.3. The van der Waals surface area contributed by atoms with Crippen LogP contribution < -0.4 is 21.7 Å². The Bertz CT molecular complexity index is 1160. The summed E-state index contributed by atoms with van der Waals surface area (Å²) in [6.07, 6.45) is 0.235. The van der Waals surface area contributed by atoms with E-state index in [0.29, 0.717) is 5.56 Å². The lowest BCUT2D eigenvalue weighted by atomic mass is 10.0. The fourth-order valence-electron chi connectivity index (χ4n) is 3.43. The van der Waals surface area contributed by atoms with Gasteiger partial charge in [-0.15, -0.1) is 0 Å². The van der Waals surface area contributed by atoms with Crippen LogP contribution in [0.5, 0.6) is 0 Å². The van der Waals surface area contributed by atoms with Crippen LogP contribution in [0.25, 0.3) is 10.8 Å². The molecule has 3 aromatic carbocycles. The summed E-state index contributed by atoms with van der Waals surface area (Å²) in [5.41, 5.74) is 6.34. The van der Waals surface area contributed by atoms with E-state index in [-0.39, 0.29) is 13.0 Å². The number of nitrogens with one attached hydrogen (secondary N) is 3. The molecule has 0 radical (unpaired) electrons. The van der Waals surface area contributed by atoms with Crippen molar-refractivity contribution in [3.63, 3.8) is 0 Å². The average molecular weight is 447 g/mol. The maximum Gasteiger partial charge on any atom is 0.252 e. The van der Waals surface area contributed by atoms with E-state index in [0.717, 1.165) is 16.3 Å². The predicted octanol–water partition coefficient (Wildman–Crippen LogP) is 1.29. The van der Waals surface area contributed by atoms with Crippen molar-refractivity contribution in [2.45, 2.75) is 25.4 Å². The summed E-state index contributed by atoms with van der Waals surface area (Å²) in [7, 11) is 0. The first-order valence-electron chi connectivity index (χ1n) is 10.5. The number of nitrogens with two attached hydrogens (primary N) is 1. The van der Waals surface area contributed by atoms with Crippen LogP contribution in [0.15, 0.2) is 72.8 Å². The van der Waals surface area contributed by atoms with Gasteiger partial charge in [0.05, 0.1) is 6.54 Å². The molecule has 0 aliphatic heterocycles. The largest absolute Gasteiger partial charge is 0.368 e. The molecule has 0 saturated heterocycles. The second kappa shape index (κ2) is 10.9. The van der Waals surface area contributed by atoms with E-state index in [2.05, 4.69) is 16.0 Å². The van der Waals surface area contributed by atoms with Gasteiger partial charge in [0.25, 0.3) is 5.91 Å². The quantitative estimate of drug-likeness (QED) is 0.394. The van der Waals surface area contributed by atoms with E-state index in [4.69, 9.17) is 5.73 Å². The number of fused-ring (bicyclic) bond motifs is 1. The molecule has 0 bridgehead atoms. The lowest BCUT2D eigenvalue weighted by Crippen LogP contribution is -2.54. The number of rotatable bonds is 9. The van der Waals surface area contributed by atoms with Crippen molar-refractivity contribution in [2.24, 2.45) is 5.73 Å². The third-order valence-electron chi connectivity index (χ3n) is 5.13. The summed E-state index contributed by atoms with van der Waals surface area (Å²) in [4.78, 5) is 49.2. The standard InChI is InChI=1S/C25H26N4O4/c1-16(23(31)27-15-22(26)30)28-25(33)21(14-17-8-3-2-4-9-17)29-24(32)20-13-7-11-18-10-5-6-12-19(18)20/h2-13,16,21H,14-15H2,1H3,(H2,26,30)(H,27,31)(H,28,33)(H,29,32)/t16-,21-/m0/s1. The second-order valence-electron chi connectivity index (χ2n) is 7.66. The zero-order valence-electron chi connectivity index (χ0n) is 18.2. The summed E-state index contributed by atoms with van der Waals surface area (Å²) < 4.78 is 0. The molecule has 0 heterocycles. The third-order valence-corrected chi connectivity index (χ3v) is 5.13. The first-order chi connectivity index (χ1) is 15.8. The number of carbonyl (C=O) groups is 4. The van der Waals surface area contributed by atoms with Crippen molar-refractivity contribution in [2.75, 3.05) is 6.54 Å². The van der Waals surface area contributed by atoms with Gasteiger partial charge in [-0.2, -0.15) is 0 Å². The third kappa shape index (κ3) is 6.39. The number of amides is 4. The second-order valence-corrected chi connectivity index (χ2v) is 7.66. The molecule has 8 nitrogen and oxygen atoms in total. The molecule has 3 aromatic rings. The minimum Gasteiger partial charge on any atom is -0.368 e. The highest BCUT2D eigenvalue weighted by molar-refractivity contribution is 6.08. The Morgan fingerprint density at radius 2 is 1.48 bits per heavy atom. The maximum absolute atomic E-state index is 13.1. The number of hydrogen-bond donors (Lipinski definition) is 4. The van der Waals surface area contributed by atoms with Crippen LogP contribution in [0.3, 0.4) is 0 Å². The number of primary amides is 1. The number of benzene rings is 3. The van der Waals surface area contributed by atoms with Gasteiger partial charge in [0.2, 0.25) is 17.7 Å². The molecule has 33 heavy (non-hydrogen) atoms. The van der Waals surface area contributed by atoms with Crippen molar-refractivity contribution in [1.29, 1.82) is 0 Å². The first-order valence-corrected chi connectivity index (χ1v) is 10.5. The molecular weight excluding hydrogens is 420 g/mol. The normalized spacial score (nSPS) is 12.4. The maximum atomic E-state index is 13.1. The molecule has 170 valence electrons. The summed E-state index contributed by atoms with van der Waals surface area (Å²) in [6.45, 7) is 1.16. The van der Waals surface area contributed by atoms with Gasteiger partial charge in [-0.25, -0.2) is 0 Å². The van der Waals surface area contributed by atoms with Crippen LogP contribution in [-0.4, -0.2) is 42.3 Å². The predicted molar refractivity (Wildman–Crippen MR) is 125 cm³/mol. The van der Waals surface area contributed by atoms with Crippen molar-refractivity contribution in [1.82, 2.24) is 16.0 Å². The van der Waals surface area contributed by atoms with E-state index in [9.17, 15) is 19.2 Å². The zero-order chi connectivity index (χ0) is 23.8. The molecule has 0 fully saturated rings. The van der Waals surface area contributed by atoms with Gasteiger partial charge in [0.15, 0.2) is 0 Å². The van der Waals surface area contributed by atoms with Crippen LogP contribution in [0.2, 0.25) is 0 Å². The van der Waals surface area contributed by atoms with Crippen molar-refractivity contribution >= 4 is 34.4 Å². The van der Waals surface area contributed by atoms with Crippen LogP contribution in [-0.2, 0) is 20.8 Å². The molecule has 0 aliphatic rings. The van der Waals surface area contributed by atoms with E-state index < -0.39 is 35.7 Å². The van der Waals surface area contributed by atoms with Crippen molar-refractivity contribution in [3.8, 4) is 0 Å². The molecular formula is C25H26N4O4. The Morgan fingerprint density at radius 3 is 2.21 bits per heavy atom. The van der Waals surface area contributed by atoms with Crippen LogP contribution in [0, 0.1) is 0 Å². The Labute approximate surface area is 191 Å². The SMILES string of the molecule is C[C@H](NC(=O)[C@H](Cc1ccccc1)NC(=O)c1cccc2ccccc12)C(=O)NCC(N)=O. The lowest BCUT2D eigenvalue weighted by molar-refractivity contribution is -0.130. The fraction of sp³-hybridized carbons (Fsp3) is 0.200. The molecule has 4 amide bonds.